The van der Waals surface area contributed by atoms with Crippen molar-refractivity contribution in [2.75, 3.05) is 18.5 Å². The SMILES string of the molecule is C=CCCCN(C)c1ccc(CO)cc1Br. The minimum absolute atomic E-state index is 0.0824. The van der Waals surface area contributed by atoms with E-state index in [1.807, 2.05) is 24.3 Å². The Morgan fingerprint density at radius 2 is 2.25 bits per heavy atom. The second-order valence-electron chi connectivity index (χ2n) is 3.80. The van der Waals surface area contributed by atoms with Crippen molar-refractivity contribution in [3.63, 3.8) is 0 Å². The third kappa shape index (κ3) is 3.65. The van der Waals surface area contributed by atoms with Crippen molar-refractivity contribution in [1.82, 2.24) is 0 Å². The van der Waals surface area contributed by atoms with Gasteiger partial charge >= 0.3 is 0 Å². The molecule has 0 aliphatic heterocycles. The van der Waals surface area contributed by atoms with E-state index >= 15 is 0 Å². The Bertz CT molecular complexity index is 352. The number of allylic oxidation sites excluding steroid dienone is 1. The number of halogens is 1. The molecule has 1 aromatic rings. The number of hydrogen-bond acceptors (Lipinski definition) is 2. The highest BCUT2D eigenvalue weighted by Crippen LogP contribution is 2.26. The van der Waals surface area contributed by atoms with Crippen molar-refractivity contribution < 1.29 is 5.11 Å². The predicted molar refractivity (Wildman–Crippen MR) is 72.8 cm³/mol. The molecule has 0 heterocycles. The average Bonchev–Trinajstić information content (AvgIpc) is 2.29. The maximum Gasteiger partial charge on any atom is 0.0682 e. The molecule has 0 radical (unpaired) electrons. The molecule has 0 aromatic heterocycles. The summed E-state index contributed by atoms with van der Waals surface area (Å²) in [5, 5.41) is 9.02. The van der Waals surface area contributed by atoms with Gasteiger partial charge in [-0.15, -0.1) is 6.58 Å². The molecule has 1 aromatic carbocycles. The highest BCUT2D eigenvalue weighted by molar-refractivity contribution is 9.10. The van der Waals surface area contributed by atoms with E-state index in [2.05, 4.69) is 34.5 Å². The average molecular weight is 284 g/mol. The van der Waals surface area contributed by atoms with Gasteiger partial charge < -0.3 is 10.0 Å². The van der Waals surface area contributed by atoms with Crippen molar-refractivity contribution in [1.29, 1.82) is 0 Å². The van der Waals surface area contributed by atoms with Gasteiger partial charge in [-0.25, -0.2) is 0 Å². The minimum atomic E-state index is 0.0824. The summed E-state index contributed by atoms with van der Waals surface area (Å²) in [5.41, 5.74) is 2.08. The first kappa shape index (κ1) is 13.3. The Kier molecular flexibility index (Phi) is 5.56. The molecule has 3 heteroatoms. The van der Waals surface area contributed by atoms with Gasteiger partial charge in [0.25, 0.3) is 0 Å². The van der Waals surface area contributed by atoms with E-state index in [0.717, 1.165) is 35.1 Å². The van der Waals surface area contributed by atoms with Crippen LogP contribution >= 0.6 is 15.9 Å². The summed E-state index contributed by atoms with van der Waals surface area (Å²) in [5.74, 6) is 0. The van der Waals surface area contributed by atoms with Crippen LogP contribution in [0.4, 0.5) is 5.69 Å². The van der Waals surface area contributed by atoms with Gasteiger partial charge in [-0.05, 0) is 46.5 Å². The van der Waals surface area contributed by atoms with Crippen LogP contribution in [-0.2, 0) is 6.61 Å². The largest absolute Gasteiger partial charge is 0.392 e. The quantitative estimate of drug-likeness (QED) is 0.639. The van der Waals surface area contributed by atoms with Gasteiger partial charge in [-0.3, -0.25) is 0 Å². The van der Waals surface area contributed by atoms with E-state index in [9.17, 15) is 0 Å². The molecule has 2 nitrogen and oxygen atoms in total. The van der Waals surface area contributed by atoms with E-state index in [1.54, 1.807) is 0 Å². The van der Waals surface area contributed by atoms with Crippen molar-refractivity contribution in [2.24, 2.45) is 0 Å². The van der Waals surface area contributed by atoms with Crippen LogP contribution < -0.4 is 4.90 Å². The number of benzene rings is 1. The molecule has 0 fully saturated rings. The Hall–Kier alpha value is -0.800. The summed E-state index contributed by atoms with van der Waals surface area (Å²) < 4.78 is 1.03. The molecule has 0 spiro atoms. The number of nitrogens with zero attached hydrogens (tertiary/aromatic N) is 1. The standard InChI is InChI=1S/C13H18BrNO/c1-3-4-5-8-15(2)13-7-6-11(10-16)9-12(13)14/h3,6-7,9,16H,1,4-5,8,10H2,2H3. The van der Waals surface area contributed by atoms with Gasteiger partial charge in [0, 0.05) is 18.1 Å². The molecule has 0 saturated heterocycles. The van der Waals surface area contributed by atoms with E-state index in [0.29, 0.717) is 0 Å². The molecular weight excluding hydrogens is 266 g/mol. The maximum absolute atomic E-state index is 9.02. The molecule has 0 bridgehead atoms. The second kappa shape index (κ2) is 6.71. The molecule has 1 N–H and O–H groups in total. The topological polar surface area (TPSA) is 23.5 Å². The van der Waals surface area contributed by atoms with Gasteiger partial charge in [-0.1, -0.05) is 12.1 Å². The van der Waals surface area contributed by atoms with Crippen LogP contribution in [0.1, 0.15) is 18.4 Å². The lowest BCUT2D eigenvalue weighted by atomic mass is 10.2. The fourth-order valence-electron chi connectivity index (χ4n) is 1.55. The first-order valence-electron chi connectivity index (χ1n) is 5.40. The lowest BCUT2D eigenvalue weighted by molar-refractivity contribution is 0.282. The number of aliphatic hydroxyl groups is 1. The maximum atomic E-state index is 9.02. The molecule has 0 saturated carbocycles. The fraction of sp³-hybridized carbons (Fsp3) is 0.385. The van der Waals surface area contributed by atoms with Gasteiger partial charge in [0.2, 0.25) is 0 Å². The fourth-order valence-corrected chi connectivity index (χ4v) is 2.28. The molecule has 88 valence electrons. The van der Waals surface area contributed by atoms with Crippen LogP contribution in [0, 0.1) is 0 Å². The van der Waals surface area contributed by atoms with Crippen molar-refractivity contribution in [2.45, 2.75) is 19.4 Å². The Labute approximate surface area is 106 Å². The molecule has 0 aliphatic carbocycles. The summed E-state index contributed by atoms with van der Waals surface area (Å²) in [6, 6.07) is 5.94. The zero-order chi connectivity index (χ0) is 12.0. The van der Waals surface area contributed by atoms with E-state index in [4.69, 9.17) is 5.11 Å². The van der Waals surface area contributed by atoms with Gasteiger partial charge in [0.05, 0.1) is 12.3 Å². The van der Waals surface area contributed by atoms with Crippen LogP contribution in [0.3, 0.4) is 0 Å². The smallest absolute Gasteiger partial charge is 0.0682 e. The van der Waals surface area contributed by atoms with Crippen LogP contribution in [0.25, 0.3) is 0 Å². The summed E-state index contributed by atoms with van der Waals surface area (Å²) in [4.78, 5) is 2.20. The Balaban J connectivity index is 2.67. The minimum Gasteiger partial charge on any atom is -0.392 e. The van der Waals surface area contributed by atoms with Gasteiger partial charge in [0.1, 0.15) is 0 Å². The van der Waals surface area contributed by atoms with Crippen molar-refractivity contribution >= 4 is 21.6 Å². The van der Waals surface area contributed by atoms with E-state index in [-0.39, 0.29) is 6.61 Å². The van der Waals surface area contributed by atoms with Crippen LogP contribution in [-0.4, -0.2) is 18.7 Å². The summed E-state index contributed by atoms with van der Waals surface area (Å²) >= 11 is 3.52. The molecule has 0 unspecified atom stereocenters. The van der Waals surface area contributed by atoms with Gasteiger partial charge in [0.15, 0.2) is 0 Å². The zero-order valence-electron chi connectivity index (χ0n) is 9.62. The molecule has 16 heavy (non-hydrogen) atoms. The van der Waals surface area contributed by atoms with Crippen LogP contribution in [0.5, 0.6) is 0 Å². The van der Waals surface area contributed by atoms with Crippen LogP contribution in [0.15, 0.2) is 35.3 Å². The highest BCUT2D eigenvalue weighted by Gasteiger charge is 2.05. The highest BCUT2D eigenvalue weighted by atomic mass is 79.9. The van der Waals surface area contributed by atoms with E-state index in [1.165, 1.54) is 0 Å². The third-order valence-electron chi connectivity index (χ3n) is 2.51. The number of unbranched alkanes of at least 4 members (excludes halogenated alkanes) is 1. The number of aliphatic hydroxyl groups excluding tert-OH is 1. The Morgan fingerprint density at radius 1 is 1.50 bits per heavy atom. The van der Waals surface area contributed by atoms with E-state index < -0.39 is 0 Å². The molecule has 0 atom stereocenters. The third-order valence-corrected chi connectivity index (χ3v) is 3.14. The predicted octanol–water partition coefficient (Wildman–Crippen LogP) is 3.34. The van der Waals surface area contributed by atoms with Crippen LogP contribution in [0.2, 0.25) is 0 Å². The number of rotatable bonds is 6. The first-order chi connectivity index (χ1) is 7.69. The zero-order valence-corrected chi connectivity index (χ0v) is 11.2. The lowest BCUT2D eigenvalue weighted by Gasteiger charge is -2.20. The lowest BCUT2D eigenvalue weighted by Crippen LogP contribution is -2.18. The van der Waals surface area contributed by atoms with Gasteiger partial charge in [-0.2, -0.15) is 0 Å². The summed E-state index contributed by atoms with van der Waals surface area (Å²) in [6.07, 6.45) is 4.09. The van der Waals surface area contributed by atoms with Crippen molar-refractivity contribution in [3.8, 4) is 0 Å². The molecule has 0 amide bonds. The number of anilines is 1. The normalized spacial score (nSPS) is 10.2. The second-order valence-corrected chi connectivity index (χ2v) is 4.65. The summed E-state index contributed by atoms with van der Waals surface area (Å²) in [6.45, 7) is 4.80. The number of hydrogen-bond donors (Lipinski definition) is 1. The summed E-state index contributed by atoms with van der Waals surface area (Å²) in [7, 11) is 2.07. The molecular formula is C13H18BrNO. The monoisotopic (exact) mass is 283 g/mol. The van der Waals surface area contributed by atoms with Crippen molar-refractivity contribution in [3.05, 3.63) is 40.9 Å². The molecule has 0 aliphatic rings. The Morgan fingerprint density at radius 3 is 2.81 bits per heavy atom. The molecule has 1 rings (SSSR count). The first-order valence-corrected chi connectivity index (χ1v) is 6.19.